The molecule has 5 heterocycles. The molecule has 0 aliphatic rings. The fourth-order valence-electron chi connectivity index (χ4n) is 5.39. The molecule has 0 spiro atoms. The van der Waals surface area contributed by atoms with E-state index in [-0.39, 0.29) is 0 Å². The van der Waals surface area contributed by atoms with Crippen LogP contribution in [-0.4, -0.2) is 19.4 Å². The van der Waals surface area contributed by atoms with E-state index >= 15 is 0 Å². The van der Waals surface area contributed by atoms with Crippen LogP contribution in [0.25, 0.3) is 72.3 Å². The molecule has 0 atom stereocenters. The molecule has 0 saturated carbocycles. The van der Waals surface area contributed by atoms with Crippen molar-refractivity contribution in [2.24, 2.45) is 0 Å². The maximum atomic E-state index is 6.28. The van der Waals surface area contributed by atoms with Gasteiger partial charge < -0.3 is 4.42 Å². The lowest BCUT2D eigenvalue weighted by Gasteiger charge is -2.07. The predicted octanol–water partition coefficient (Wildman–Crippen LogP) is 8.18. The van der Waals surface area contributed by atoms with Crippen molar-refractivity contribution in [1.82, 2.24) is 19.4 Å². The molecule has 0 unspecified atom stereocenters. The minimum atomic E-state index is 0.851. The van der Waals surface area contributed by atoms with Crippen LogP contribution in [0, 0.1) is 0 Å². The summed E-state index contributed by atoms with van der Waals surface area (Å²) >= 11 is 0. The molecular weight excluding hydrogens is 468 g/mol. The van der Waals surface area contributed by atoms with E-state index in [4.69, 9.17) is 14.4 Å². The second kappa shape index (κ2) is 8.11. The quantitative estimate of drug-likeness (QED) is 0.252. The van der Waals surface area contributed by atoms with E-state index in [1.807, 2.05) is 42.6 Å². The molecule has 0 bridgehead atoms. The molecular formula is C33H20N4O. The topological polar surface area (TPSA) is 56.2 Å². The van der Waals surface area contributed by atoms with Crippen LogP contribution in [-0.2, 0) is 0 Å². The van der Waals surface area contributed by atoms with Gasteiger partial charge in [0.05, 0.1) is 11.2 Å². The first-order valence-corrected chi connectivity index (χ1v) is 12.5. The predicted molar refractivity (Wildman–Crippen MR) is 152 cm³/mol. The molecule has 0 N–H and O–H groups in total. The summed E-state index contributed by atoms with van der Waals surface area (Å²) < 4.78 is 8.43. The van der Waals surface area contributed by atoms with Gasteiger partial charge in [-0.05, 0) is 48.0 Å². The van der Waals surface area contributed by atoms with Gasteiger partial charge in [-0.1, -0.05) is 60.7 Å². The minimum Gasteiger partial charge on any atom is -0.455 e. The number of para-hydroxylation sites is 2. The summed E-state index contributed by atoms with van der Waals surface area (Å²) in [7, 11) is 0. The average molecular weight is 489 g/mol. The van der Waals surface area contributed by atoms with E-state index in [2.05, 4.69) is 76.1 Å². The molecule has 0 aliphatic carbocycles. The van der Waals surface area contributed by atoms with Crippen molar-refractivity contribution in [3.8, 4) is 33.8 Å². The molecule has 5 nitrogen and oxygen atoms in total. The Balaban J connectivity index is 1.32. The van der Waals surface area contributed by atoms with Crippen LogP contribution in [0.5, 0.6) is 0 Å². The van der Waals surface area contributed by atoms with Crippen molar-refractivity contribution >= 4 is 38.5 Å². The monoisotopic (exact) mass is 488 g/mol. The standard InChI is InChI=1S/C33H20N4O/c1-2-9-29-26(6-1)27-8-3-7-25(31(27)38-29)21-10-12-24(13-11-21)33-36-30(22-16-19-34-20-17-22)28-15-14-23-5-4-18-35-32(23)37(28)33/h1-20H. The number of benzene rings is 3. The number of rotatable bonds is 3. The van der Waals surface area contributed by atoms with Crippen molar-refractivity contribution in [1.29, 1.82) is 0 Å². The van der Waals surface area contributed by atoms with Gasteiger partial charge in [-0.3, -0.25) is 9.38 Å². The van der Waals surface area contributed by atoms with Crippen molar-refractivity contribution in [2.45, 2.75) is 0 Å². The van der Waals surface area contributed by atoms with Crippen LogP contribution < -0.4 is 0 Å². The van der Waals surface area contributed by atoms with Crippen molar-refractivity contribution in [3.63, 3.8) is 0 Å². The summed E-state index contributed by atoms with van der Waals surface area (Å²) in [5, 5.41) is 3.32. The summed E-state index contributed by atoms with van der Waals surface area (Å²) in [6, 6.07) is 35.3. The summed E-state index contributed by atoms with van der Waals surface area (Å²) in [4.78, 5) is 14.0. The van der Waals surface area contributed by atoms with E-state index < -0.39 is 0 Å². The van der Waals surface area contributed by atoms with E-state index in [0.29, 0.717) is 0 Å². The molecule has 8 aromatic rings. The second-order valence-corrected chi connectivity index (χ2v) is 9.35. The van der Waals surface area contributed by atoms with E-state index in [1.165, 1.54) is 0 Å². The SMILES string of the molecule is c1cnc2c(c1)ccc1c(-c3ccncc3)nc(-c3ccc(-c4cccc5c4oc4ccccc45)cc3)n12. The molecule has 3 aromatic carbocycles. The summed E-state index contributed by atoms with van der Waals surface area (Å²) in [6.07, 6.45) is 5.43. The van der Waals surface area contributed by atoms with E-state index in [0.717, 1.165) is 72.3 Å². The number of hydrogen-bond acceptors (Lipinski definition) is 4. The minimum absolute atomic E-state index is 0.851. The lowest BCUT2D eigenvalue weighted by Crippen LogP contribution is -1.94. The van der Waals surface area contributed by atoms with Gasteiger partial charge in [-0.15, -0.1) is 0 Å². The second-order valence-electron chi connectivity index (χ2n) is 9.35. The highest BCUT2D eigenvalue weighted by atomic mass is 16.3. The average Bonchev–Trinajstić information content (AvgIpc) is 3.57. The van der Waals surface area contributed by atoms with Crippen LogP contribution in [0.2, 0.25) is 0 Å². The zero-order valence-electron chi connectivity index (χ0n) is 20.2. The van der Waals surface area contributed by atoms with Crippen molar-refractivity contribution < 1.29 is 4.42 Å². The Morgan fingerprint density at radius 1 is 0.605 bits per heavy atom. The zero-order valence-corrected chi connectivity index (χ0v) is 20.2. The van der Waals surface area contributed by atoms with Gasteiger partial charge in [0.1, 0.15) is 22.6 Å². The highest BCUT2D eigenvalue weighted by Crippen LogP contribution is 2.37. The molecule has 0 fully saturated rings. The summed E-state index contributed by atoms with van der Waals surface area (Å²) in [6.45, 7) is 0. The Morgan fingerprint density at radius 2 is 1.42 bits per heavy atom. The molecule has 178 valence electrons. The lowest BCUT2D eigenvalue weighted by molar-refractivity contribution is 0.670. The van der Waals surface area contributed by atoms with Crippen molar-refractivity contribution in [2.75, 3.05) is 0 Å². The Labute approximate surface area is 217 Å². The normalized spacial score (nSPS) is 11.7. The highest BCUT2D eigenvalue weighted by Gasteiger charge is 2.18. The van der Waals surface area contributed by atoms with Crippen LogP contribution in [0.15, 0.2) is 126 Å². The van der Waals surface area contributed by atoms with Crippen LogP contribution >= 0.6 is 0 Å². The molecule has 0 saturated heterocycles. The first-order valence-electron chi connectivity index (χ1n) is 12.5. The zero-order chi connectivity index (χ0) is 25.1. The molecule has 5 heteroatoms. The third-order valence-electron chi connectivity index (χ3n) is 7.17. The van der Waals surface area contributed by atoms with Gasteiger partial charge in [0.2, 0.25) is 0 Å². The van der Waals surface area contributed by atoms with Gasteiger partial charge in [0, 0.05) is 51.4 Å². The first-order chi connectivity index (χ1) is 18.8. The van der Waals surface area contributed by atoms with E-state index in [9.17, 15) is 0 Å². The molecule has 0 aliphatic heterocycles. The Kier molecular flexibility index (Phi) is 4.45. The van der Waals surface area contributed by atoms with Gasteiger partial charge >= 0.3 is 0 Å². The lowest BCUT2D eigenvalue weighted by atomic mass is 10.0. The third-order valence-corrected chi connectivity index (χ3v) is 7.17. The van der Waals surface area contributed by atoms with Gasteiger partial charge in [0.15, 0.2) is 0 Å². The maximum absolute atomic E-state index is 6.28. The molecule has 38 heavy (non-hydrogen) atoms. The fraction of sp³-hybridized carbons (Fsp3) is 0. The Bertz CT molecular complexity index is 2120. The number of nitrogens with zero attached hydrogens (tertiary/aromatic N) is 4. The number of furan rings is 1. The van der Waals surface area contributed by atoms with Gasteiger partial charge in [-0.2, -0.15) is 0 Å². The highest BCUT2D eigenvalue weighted by molar-refractivity contribution is 6.09. The van der Waals surface area contributed by atoms with Gasteiger partial charge in [0.25, 0.3) is 0 Å². The first kappa shape index (κ1) is 20.9. The third kappa shape index (κ3) is 3.09. The number of imidazole rings is 1. The Hall–Kier alpha value is -5.29. The van der Waals surface area contributed by atoms with Gasteiger partial charge in [-0.25, -0.2) is 9.97 Å². The number of pyridine rings is 3. The van der Waals surface area contributed by atoms with Crippen LogP contribution in [0.1, 0.15) is 0 Å². The largest absolute Gasteiger partial charge is 0.455 e. The summed E-state index contributed by atoms with van der Waals surface area (Å²) in [5.74, 6) is 0.851. The van der Waals surface area contributed by atoms with Crippen LogP contribution in [0.3, 0.4) is 0 Å². The number of aromatic nitrogens is 4. The maximum Gasteiger partial charge on any atom is 0.146 e. The fourth-order valence-corrected chi connectivity index (χ4v) is 5.39. The smallest absolute Gasteiger partial charge is 0.146 e. The Morgan fingerprint density at radius 3 is 2.32 bits per heavy atom. The summed E-state index contributed by atoms with van der Waals surface area (Å²) in [5.41, 5.74) is 8.80. The van der Waals surface area contributed by atoms with E-state index in [1.54, 1.807) is 12.4 Å². The molecule has 0 amide bonds. The van der Waals surface area contributed by atoms with Crippen molar-refractivity contribution in [3.05, 3.63) is 122 Å². The molecule has 5 aromatic heterocycles. The van der Waals surface area contributed by atoms with Crippen LogP contribution in [0.4, 0.5) is 0 Å². The number of fused-ring (bicyclic) bond motifs is 6. The number of hydrogen-bond donors (Lipinski definition) is 0. The molecule has 8 rings (SSSR count). The molecule has 0 radical (unpaired) electrons.